The van der Waals surface area contributed by atoms with Crippen LogP contribution in [0.1, 0.15) is 10.4 Å². The first-order valence-electron chi connectivity index (χ1n) is 8.80. The summed E-state index contributed by atoms with van der Waals surface area (Å²) in [7, 11) is 1.60. The number of thiazole rings is 1. The molecule has 0 aliphatic heterocycles. The van der Waals surface area contributed by atoms with Crippen molar-refractivity contribution in [3.8, 4) is 17.0 Å². The van der Waals surface area contributed by atoms with E-state index < -0.39 is 0 Å². The molecular formula is C22H19N3O2S. The predicted molar refractivity (Wildman–Crippen MR) is 114 cm³/mol. The molecule has 6 heteroatoms. The number of aromatic amines is 1. The zero-order chi connectivity index (χ0) is 19.5. The van der Waals surface area contributed by atoms with Crippen LogP contribution in [0.2, 0.25) is 0 Å². The summed E-state index contributed by atoms with van der Waals surface area (Å²) >= 11 is 1.44. The highest BCUT2D eigenvalue weighted by Crippen LogP contribution is 2.32. The number of anilines is 1. The second-order valence-corrected chi connectivity index (χ2v) is 7.03. The van der Waals surface area contributed by atoms with E-state index in [1.165, 1.54) is 11.3 Å². The van der Waals surface area contributed by atoms with Gasteiger partial charge in [0, 0.05) is 40.2 Å². The molecule has 4 aromatic rings. The van der Waals surface area contributed by atoms with Gasteiger partial charge in [0.2, 0.25) is 0 Å². The van der Waals surface area contributed by atoms with Crippen molar-refractivity contribution >= 4 is 33.3 Å². The molecule has 28 heavy (non-hydrogen) atoms. The predicted octanol–water partition coefficient (Wildman–Crippen LogP) is 5.13. The molecule has 0 saturated carbocycles. The van der Waals surface area contributed by atoms with E-state index in [2.05, 4.69) is 17.6 Å². The summed E-state index contributed by atoms with van der Waals surface area (Å²) in [6.45, 7) is 4.17. The molecular weight excluding hydrogens is 370 g/mol. The van der Waals surface area contributed by atoms with E-state index in [4.69, 9.17) is 9.72 Å². The summed E-state index contributed by atoms with van der Waals surface area (Å²) in [4.78, 5) is 22.7. The van der Waals surface area contributed by atoms with Crippen molar-refractivity contribution in [1.82, 2.24) is 9.97 Å². The number of amides is 1. The molecule has 0 radical (unpaired) electrons. The topological polar surface area (TPSA) is 58.2 Å². The van der Waals surface area contributed by atoms with Gasteiger partial charge in [0.1, 0.15) is 5.75 Å². The average molecular weight is 389 g/mol. The Morgan fingerprint density at radius 3 is 2.79 bits per heavy atom. The monoisotopic (exact) mass is 389 g/mol. The van der Waals surface area contributed by atoms with Crippen molar-refractivity contribution in [2.75, 3.05) is 18.6 Å². The largest absolute Gasteiger partial charge is 0.497 e. The number of H-pyrrole nitrogens is 1. The van der Waals surface area contributed by atoms with E-state index in [0.29, 0.717) is 23.0 Å². The number of hydrogen-bond donors (Lipinski definition) is 1. The lowest BCUT2D eigenvalue weighted by Gasteiger charge is -2.18. The second kappa shape index (κ2) is 7.70. The molecule has 0 saturated heterocycles. The fourth-order valence-electron chi connectivity index (χ4n) is 3.06. The number of nitrogens with one attached hydrogen (secondary N) is 1. The van der Waals surface area contributed by atoms with E-state index in [-0.39, 0.29) is 5.91 Å². The van der Waals surface area contributed by atoms with E-state index in [9.17, 15) is 4.79 Å². The smallest absolute Gasteiger partial charge is 0.260 e. The SMILES string of the molecule is C=CCN(C(=O)c1ccc(OC)cc1)c1nc(-c2c[nH]c3ccccc23)cs1. The summed E-state index contributed by atoms with van der Waals surface area (Å²) in [6.07, 6.45) is 3.65. The van der Waals surface area contributed by atoms with Crippen molar-refractivity contribution < 1.29 is 9.53 Å². The number of benzene rings is 2. The van der Waals surface area contributed by atoms with Crippen molar-refractivity contribution in [3.05, 3.63) is 78.3 Å². The van der Waals surface area contributed by atoms with Crippen LogP contribution in [0.15, 0.2) is 72.8 Å². The Morgan fingerprint density at radius 1 is 1.25 bits per heavy atom. The van der Waals surface area contributed by atoms with Gasteiger partial charge in [-0.05, 0) is 30.3 Å². The first-order chi connectivity index (χ1) is 13.7. The maximum atomic E-state index is 13.0. The number of rotatable bonds is 6. The number of methoxy groups -OCH3 is 1. The molecule has 1 N–H and O–H groups in total. The van der Waals surface area contributed by atoms with Crippen LogP contribution in [-0.2, 0) is 0 Å². The number of carbonyl (C=O) groups excluding carboxylic acids is 1. The molecule has 5 nitrogen and oxygen atoms in total. The third-order valence-corrected chi connectivity index (χ3v) is 5.35. The molecule has 0 unspecified atom stereocenters. The maximum Gasteiger partial charge on any atom is 0.260 e. The van der Waals surface area contributed by atoms with E-state index in [0.717, 1.165) is 22.2 Å². The Labute approximate surface area is 166 Å². The summed E-state index contributed by atoms with van der Waals surface area (Å²) < 4.78 is 5.17. The van der Waals surface area contributed by atoms with Crippen molar-refractivity contribution in [1.29, 1.82) is 0 Å². The number of nitrogens with zero attached hydrogens (tertiary/aromatic N) is 2. The van der Waals surface area contributed by atoms with E-state index in [1.807, 2.05) is 29.8 Å². The number of carbonyl (C=O) groups is 1. The van der Waals surface area contributed by atoms with E-state index >= 15 is 0 Å². The first kappa shape index (κ1) is 18.0. The molecule has 2 heterocycles. The van der Waals surface area contributed by atoms with Crippen molar-refractivity contribution in [2.45, 2.75) is 0 Å². The fourth-order valence-corrected chi connectivity index (χ4v) is 3.89. The minimum absolute atomic E-state index is 0.123. The van der Waals surface area contributed by atoms with E-state index in [1.54, 1.807) is 42.4 Å². The maximum absolute atomic E-state index is 13.0. The quantitative estimate of drug-likeness (QED) is 0.465. The second-order valence-electron chi connectivity index (χ2n) is 6.20. The van der Waals surface area contributed by atoms with Gasteiger partial charge in [-0.15, -0.1) is 17.9 Å². The summed E-state index contributed by atoms with van der Waals surface area (Å²) in [6, 6.07) is 15.2. The Kier molecular flexibility index (Phi) is 4.95. The lowest BCUT2D eigenvalue weighted by molar-refractivity contribution is 0.0989. The number of fused-ring (bicyclic) bond motifs is 1. The van der Waals surface area contributed by atoms with Gasteiger partial charge in [0.15, 0.2) is 5.13 Å². The van der Waals surface area contributed by atoms with Crippen molar-refractivity contribution in [2.24, 2.45) is 0 Å². The van der Waals surface area contributed by atoms with Gasteiger partial charge in [0.25, 0.3) is 5.91 Å². The van der Waals surface area contributed by atoms with Crippen molar-refractivity contribution in [3.63, 3.8) is 0 Å². The lowest BCUT2D eigenvalue weighted by atomic mass is 10.1. The lowest BCUT2D eigenvalue weighted by Crippen LogP contribution is -2.30. The first-order valence-corrected chi connectivity index (χ1v) is 9.68. The highest BCUT2D eigenvalue weighted by atomic mass is 32.1. The van der Waals surface area contributed by atoms with Gasteiger partial charge in [-0.2, -0.15) is 0 Å². The van der Waals surface area contributed by atoms with Crippen LogP contribution in [0.3, 0.4) is 0 Å². The fraction of sp³-hybridized carbons (Fsp3) is 0.0909. The minimum Gasteiger partial charge on any atom is -0.497 e. The minimum atomic E-state index is -0.123. The van der Waals surface area contributed by atoms with Crippen LogP contribution >= 0.6 is 11.3 Å². The Hall–Kier alpha value is -3.38. The molecule has 140 valence electrons. The molecule has 0 aliphatic carbocycles. The molecule has 0 bridgehead atoms. The van der Waals surface area contributed by atoms with Gasteiger partial charge < -0.3 is 9.72 Å². The van der Waals surface area contributed by atoms with Crippen LogP contribution in [0, 0.1) is 0 Å². The Bertz CT molecular complexity index is 1130. The Morgan fingerprint density at radius 2 is 2.04 bits per heavy atom. The van der Waals surface area contributed by atoms with Gasteiger partial charge in [0.05, 0.1) is 12.8 Å². The van der Waals surface area contributed by atoms with Gasteiger partial charge in [-0.3, -0.25) is 9.69 Å². The third kappa shape index (κ3) is 3.30. The van der Waals surface area contributed by atoms with Crippen LogP contribution in [0.5, 0.6) is 5.75 Å². The number of aromatic nitrogens is 2. The summed E-state index contributed by atoms with van der Waals surface area (Å²) in [5, 5.41) is 3.72. The Balaban J connectivity index is 1.67. The number of para-hydroxylation sites is 1. The molecule has 0 atom stereocenters. The average Bonchev–Trinajstić information content (AvgIpc) is 3.38. The third-order valence-electron chi connectivity index (χ3n) is 4.48. The highest BCUT2D eigenvalue weighted by molar-refractivity contribution is 7.14. The molecule has 0 fully saturated rings. The highest BCUT2D eigenvalue weighted by Gasteiger charge is 2.20. The van der Waals surface area contributed by atoms with Crippen LogP contribution in [-0.4, -0.2) is 29.5 Å². The van der Waals surface area contributed by atoms with Gasteiger partial charge in [-0.1, -0.05) is 24.3 Å². The van der Waals surface area contributed by atoms with Gasteiger partial charge >= 0.3 is 0 Å². The summed E-state index contributed by atoms with van der Waals surface area (Å²) in [5.74, 6) is 0.588. The normalized spacial score (nSPS) is 10.8. The zero-order valence-corrected chi connectivity index (χ0v) is 16.2. The van der Waals surface area contributed by atoms with Crippen LogP contribution in [0.25, 0.3) is 22.2 Å². The van der Waals surface area contributed by atoms with Crippen LogP contribution in [0.4, 0.5) is 5.13 Å². The molecule has 1 amide bonds. The zero-order valence-electron chi connectivity index (χ0n) is 15.4. The summed E-state index contributed by atoms with van der Waals surface area (Å²) in [5.41, 5.74) is 3.50. The molecule has 0 spiro atoms. The van der Waals surface area contributed by atoms with Crippen LogP contribution < -0.4 is 9.64 Å². The molecule has 4 rings (SSSR count). The number of hydrogen-bond acceptors (Lipinski definition) is 4. The standard InChI is InChI=1S/C22H19N3O2S/c1-3-12-25(21(26)15-8-10-16(27-2)11-9-15)22-24-20(14-28-22)18-13-23-19-7-5-4-6-17(18)19/h3-11,13-14,23H,1,12H2,2H3. The molecule has 2 aromatic heterocycles. The number of ether oxygens (including phenoxy) is 1. The molecule has 0 aliphatic rings. The van der Waals surface area contributed by atoms with Gasteiger partial charge in [-0.25, -0.2) is 4.98 Å². The molecule has 2 aromatic carbocycles.